The molecule has 1 aliphatic heterocycles. The summed E-state index contributed by atoms with van der Waals surface area (Å²) in [6, 6.07) is 8.82. The molecule has 1 atom stereocenters. The Balaban J connectivity index is 1.57. The summed E-state index contributed by atoms with van der Waals surface area (Å²) in [4.78, 5) is 36.3. The summed E-state index contributed by atoms with van der Waals surface area (Å²) in [6.07, 6.45) is 3.10. The summed E-state index contributed by atoms with van der Waals surface area (Å²) in [5, 5.41) is 9.17. The molecule has 0 spiro atoms. The number of rotatable bonds is 10. The molecular formula is C25H28Br2N4O6. The minimum Gasteiger partial charge on any atom is -0.490 e. The first kappa shape index (κ1) is 28.6. The third-order valence-electron chi connectivity index (χ3n) is 5.22. The van der Waals surface area contributed by atoms with Crippen molar-refractivity contribution in [2.45, 2.75) is 32.8 Å². The largest absolute Gasteiger partial charge is 0.490 e. The first-order valence-electron chi connectivity index (χ1n) is 11.6. The Morgan fingerprint density at radius 2 is 1.95 bits per heavy atom. The van der Waals surface area contributed by atoms with Crippen LogP contribution >= 0.6 is 31.9 Å². The van der Waals surface area contributed by atoms with E-state index in [4.69, 9.17) is 14.2 Å². The van der Waals surface area contributed by atoms with Crippen LogP contribution in [0.4, 0.5) is 5.69 Å². The number of aryl methyl sites for hydroxylation is 1. The second-order valence-electron chi connectivity index (χ2n) is 8.11. The van der Waals surface area contributed by atoms with Crippen molar-refractivity contribution in [1.29, 1.82) is 0 Å². The zero-order valence-electron chi connectivity index (χ0n) is 20.4. The normalized spacial score (nSPS) is 14.9. The number of hydrogen-bond acceptors (Lipinski definition) is 7. The van der Waals surface area contributed by atoms with Gasteiger partial charge in [-0.05, 0) is 84.1 Å². The molecule has 0 bridgehead atoms. The summed E-state index contributed by atoms with van der Waals surface area (Å²) in [5.41, 5.74) is 4.42. The van der Waals surface area contributed by atoms with E-state index < -0.39 is 11.8 Å². The minimum absolute atomic E-state index is 0.0636. The second-order valence-corrected chi connectivity index (χ2v) is 9.82. The highest BCUT2D eigenvalue weighted by molar-refractivity contribution is 9.10. The molecule has 1 heterocycles. The van der Waals surface area contributed by atoms with E-state index in [0.717, 1.165) is 22.9 Å². The predicted molar refractivity (Wildman–Crippen MR) is 146 cm³/mol. The summed E-state index contributed by atoms with van der Waals surface area (Å²) >= 11 is 6.86. The Kier molecular flexibility index (Phi) is 10.9. The average Bonchev–Trinajstić information content (AvgIpc) is 3.38. The number of amides is 3. The molecule has 0 aromatic heterocycles. The number of hydrogen-bond donors (Lipinski definition) is 3. The van der Waals surface area contributed by atoms with E-state index in [1.54, 1.807) is 18.2 Å². The molecule has 3 amide bonds. The zero-order chi connectivity index (χ0) is 26.8. The number of benzene rings is 2. The molecule has 10 nitrogen and oxygen atoms in total. The maximum absolute atomic E-state index is 12.4. The van der Waals surface area contributed by atoms with E-state index in [0.29, 0.717) is 40.4 Å². The van der Waals surface area contributed by atoms with Crippen LogP contribution in [0, 0.1) is 6.92 Å². The van der Waals surface area contributed by atoms with Gasteiger partial charge in [0, 0.05) is 23.3 Å². The molecule has 1 saturated heterocycles. The fourth-order valence-corrected chi connectivity index (χ4v) is 4.25. The van der Waals surface area contributed by atoms with E-state index in [1.807, 2.05) is 26.0 Å². The third-order valence-corrected chi connectivity index (χ3v) is 6.70. The Bertz CT molecular complexity index is 1170. The lowest BCUT2D eigenvalue weighted by Crippen LogP contribution is -2.41. The maximum atomic E-state index is 12.4. The van der Waals surface area contributed by atoms with Gasteiger partial charge >= 0.3 is 11.8 Å². The molecule has 3 rings (SSSR count). The van der Waals surface area contributed by atoms with Gasteiger partial charge in [-0.3, -0.25) is 14.4 Å². The highest BCUT2D eigenvalue weighted by atomic mass is 79.9. The van der Waals surface area contributed by atoms with E-state index >= 15 is 0 Å². The number of hydrazone groups is 1. The molecule has 37 heavy (non-hydrogen) atoms. The number of halogens is 2. The number of anilines is 1. The van der Waals surface area contributed by atoms with Crippen LogP contribution in [0.15, 0.2) is 44.4 Å². The fourth-order valence-electron chi connectivity index (χ4n) is 3.43. The van der Waals surface area contributed by atoms with E-state index in [1.165, 1.54) is 6.21 Å². The number of nitrogens with one attached hydrogen (secondary N) is 3. The van der Waals surface area contributed by atoms with E-state index in [-0.39, 0.29) is 25.2 Å². The topological polar surface area (TPSA) is 127 Å². The van der Waals surface area contributed by atoms with E-state index in [9.17, 15) is 14.4 Å². The molecule has 3 N–H and O–H groups in total. The molecule has 1 fully saturated rings. The summed E-state index contributed by atoms with van der Waals surface area (Å²) in [6.45, 7) is 4.81. The summed E-state index contributed by atoms with van der Waals surface area (Å²) in [7, 11) is 0. The van der Waals surface area contributed by atoms with Gasteiger partial charge in [0.2, 0.25) is 0 Å². The van der Waals surface area contributed by atoms with Gasteiger partial charge in [0.25, 0.3) is 5.91 Å². The smallest absolute Gasteiger partial charge is 0.329 e. The maximum Gasteiger partial charge on any atom is 0.329 e. The van der Waals surface area contributed by atoms with Crippen LogP contribution in [0.25, 0.3) is 0 Å². The van der Waals surface area contributed by atoms with Crippen LogP contribution in [0.3, 0.4) is 0 Å². The molecule has 0 radical (unpaired) electrons. The van der Waals surface area contributed by atoms with Gasteiger partial charge in [0.05, 0.1) is 23.4 Å². The number of nitrogens with zero attached hydrogens (tertiary/aromatic N) is 1. The Morgan fingerprint density at radius 3 is 2.65 bits per heavy atom. The van der Waals surface area contributed by atoms with Crippen LogP contribution in [0.5, 0.6) is 11.5 Å². The van der Waals surface area contributed by atoms with Gasteiger partial charge in [0.1, 0.15) is 0 Å². The summed E-state index contributed by atoms with van der Waals surface area (Å²) < 4.78 is 18.3. The Morgan fingerprint density at radius 1 is 1.14 bits per heavy atom. The Labute approximate surface area is 231 Å². The monoisotopic (exact) mass is 638 g/mol. The molecule has 0 unspecified atom stereocenters. The molecular weight excluding hydrogens is 612 g/mol. The summed E-state index contributed by atoms with van der Waals surface area (Å²) in [5.74, 6) is -1.28. The standard InChI is InChI=1S/C25H28Br2N4O6/c1-3-35-21-11-16(12-29-31-25(34)24(33)28-13-18-5-4-8-36-18)10-20(27)23(21)37-14-22(32)30-17-6-7-19(26)15(2)9-17/h6-7,9-12,18H,3-5,8,13-14H2,1-2H3,(H,28,33)(H,30,32)(H,31,34)/b29-12-/t18-/m1/s1. The van der Waals surface area contributed by atoms with Gasteiger partial charge in [-0.2, -0.15) is 5.10 Å². The predicted octanol–water partition coefficient (Wildman–Crippen LogP) is 3.68. The van der Waals surface area contributed by atoms with Crippen LogP contribution in [0.2, 0.25) is 0 Å². The lowest BCUT2D eigenvalue weighted by molar-refractivity contribution is -0.139. The van der Waals surface area contributed by atoms with Crippen molar-refractivity contribution in [2.24, 2.45) is 5.10 Å². The fraction of sp³-hybridized carbons (Fsp3) is 0.360. The first-order valence-corrected chi connectivity index (χ1v) is 13.2. The second kappa shape index (κ2) is 14.1. The van der Waals surface area contributed by atoms with Gasteiger partial charge in [0.15, 0.2) is 18.1 Å². The van der Waals surface area contributed by atoms with Gasteiger partial charge < -0.3 is 24.8 Å². The molecule has 198 valence electrons. The van der Waals surface area contributed by atoms with Crippen molar-refractivity contribution in [2.75, 3.05) is 31.7 Å². The van der Waals surface area contributed by atoms with Crippen LogP contribution < -0.4 is 25.5 Å². The number of ether oxygens (including phenoxy) is 3. The quantitative estimate of drug-likeness (QED) is 0.207. The molecule has 2 aromatic rings. The highest BCUT2D eigenvalue weighted by Crippen LogP contribution is 2.36. The number of carbonyl (C=O) groups is 3. The third kappa shape index (κ3) is 8.83. The van der Waals surface area contributed by atoms with Crippen molar-refractivity contribution >= 4 is 61.5 Å². The van der Waals surface area contributed by atoms with Crippen molar-refractivity contribution in [3.63, 3.8) is 0 Å². The SMILES string of the molecule is CCOc1cc(/C=N\NC(=O)C(=O)NC[C@H]2CCCO2)cc(Br)c1OCC(=O)Nc1ccc(Br)c(C)c1. The van der Waals surface area contributed by atoms with Gasteiger partial charge in [-0.1, -0.05) is 15.9 Å². The van der Waals surface area contributed by atoms with E-state index in [2.05, 4.69) is 53.0 Å². The average molecular weight is 640 g/mol. The van der Waals surface area contributed by atoms with Crippen molar-refractivity contribution in [1.82, 2.24) is 10.7 Å². The minimum atomic E-state index is -0.884. The molecule has 1 aliphatic rings. The number of carbonyl (C=O) groups excluding carboxylic acids is 3. The van der Waals surface area contributed by atoms with Gasteiger partial charge in [-0.15, -0.1) is 0 Å². The lowest BCUT2D eigenvalue weighted by Gasteiger charge is -2.15. The van der Waals surface area contributed by atoms with Crippen LogP contribution in [-0.2, 0) is 19.1 Å². The molecule has 0 aliphatic carbocycles. The molecule has 12 heteroatoms. The van der Waals surface area contributed by atoms with Gasteiger partial charge in [-0.25, -0.2) is 5.43 Å². The first-order chi connectivity index (χ1) is 17.8. The zero-order valence-corrected chi connectivity index (χ0v) is 23.6. The Hall–Kier alpha value is -2.96. The van der Waals surface area contributed by atoms with Crippen molar-refractivity contribution in [3.05, 3.63) is 50.4 Å². The van der Waals surface area contributed by atoms with Crippen LogP contribution in [0.1, 0.15) is 30.9 Å². The van der Waals surface area contributed by atoms with Crippen molar-refractivity contribution < 1.29 is 28.6 Å². The molecule has 2 aromatic carbocycles. The molecule has 0 saturated carbocycles. The lowest BCUT2D eigenvalue weighted by atomic mass is 10.2. The van der Waals surface area contributed by atoms with Crippen LogP contribution in [-0.4, -0.2) is 56.4 Å². The van der Waals surface area contributed by atoms with Crippen molar-refractivity contribution in [3.8, 4) is 11.5 Å². The highest BCUT2D eigenvalue weighted by Gasteiger charge is 2.19.